The Morgan fingerprint density at radius 1 is 1.26 bits per heavy atom. The van der Waals surface area contributed by atoms with Crippen LogP contribution in [0, 0.1) is 0 Å². The number of nitrogens with zero attached hydrogens (tertiary/aromatic N) is 2. The smallest absolute Gasteiger partial charge is 0.254 e. The molecule has 6 nitrogen and oxygen atoms in total. The molecule has 1 aromatic carbocycles. The van der Waals surface area contributed by atoms with E-state index in [0.717, 1.165) is 35.0 Å². The van der Waals surface area contributed by atoms with Crippen LogP contribution in [0.1, 0.15) is 38.4 Å². The van der Waals surface area contributed by atoms with E-state index in [1.165, 1.54) is 0 Å². The molecule has 0 bridgehead atoms. The highest BCUT2D eigenvalue weighted by Gasteiger charge is 2.53. The predicted molar refractivity (Wildman–Crippen MR) is 103 cm³/mol. The van der Waals surface area contributed by atoms with Gasteiger partial charge in [-0.05, 0) is 45.2 Å². The quantitative estimate of drug-likeness (QED) is 0.823. The van der Waals surface area contributed by atoms with Crippen molar-refractivity contribution in [3.8, 4) is 0 Å². The van der Waals surface area contributed by atoms with Crippen molar-refractivity contribution in [3.63, 3.8) is 0 Å². The van der Waals surface area contributed by atoms with E-state index in [0.29, 0.717) is 19.7 Å². The van der Waals surface area contributed by atoms with E-state index in [9.17, 15) is 9.59 Å². The zero-order chi connectivity index (χ0) is 19.2. The van der Waals surface area contributed by atoms with Crippen molar-refractivity contribution in [2.24, 2.45) is 0 Å². The van der Waals surface area contributed by atoms with E-state index < -0.39 is 5.54 Å². The molecule has 0 saturated carbocycles. The second-order valence-corrected chi connectivity index (χ2v) is 7.89. The van der Waals surface area contributed by atoms with Gasteiger partial charge in [-0.1, -0.05) is 18.2 Å². The predicted octanol–water partition coefficient (Wildman–Crippen LogP) is 2.43. The lowest BCUT2D eigenvalue weighted by molar-refractivity contribution is -0.166. The van der Waals surface area contributed by atoms with Crippen LogP contribution in [0.15, 0.2) is 24.3 Å². The van der Waals surface area contributed by atoms with Crippen LogP contribution in [0.4, 0.5) is 0 Å². The molecular weight excluding hydrogens is 342 g/mol. The van der Waals surface area contributed by atoms with E-state index in [1.807, 2.05) is 39.0 Å². The first-order chi connectivity index (χ1) is 12.9. The van der Waals surface area contributed by atoms with Crippen molar-refractivity contribution < 1.29 is 14.3 Å². The van der Waals surface area contributed by atoms with Crippen molar-refractivity contribution in [3.05, 3.63) is 35.5 Å². The minimum absolute atomic E-state index is 0.000784. The van der Waals surface area contributed by atoms with Crippen LogP contribution in [0.5, 0.6) is 0 Å². The number of hydrogen-bond acceptors (Lipinski definition) is 3. The molecule has 6 heteroatoms. The molecule has 1 atom stereocenters. The van der Waals surface area contributed by atoms with E-state index in [4.69, 9.17) is 4.74 Å². The Balaban J connectivity index is 1.66. The Bertz CT molecular complexity index is 888. The summed E-state index contributed by atoms with van der Waals surface area (Å²) in [4.78, 5) is 33.2. The number of aromatic nitrogens is 1. The highest BCUT2D eigenvalue weighted by atomic mass is 16.5. The molecule has 2 amide bonds. The molecular formula is C21H27N3O3. The number of rotatable bonds is 5. The van der Waals surface area contributed by atoms with Crippen LogP contribution in [0.25, 0.3) is 10.9 Å². The molecule has 1 fully saturated rings. The molecule has 2 aliphatic rings. The maximum Gasteiger partial charge on any atom is 0.254 e. The number of carbonyl (C=O) groups is 2. The molecule has 4 rings (SSSR count). The van der Waals surface area contributed by atoms with Gasteiger partial charge in [0.15, 0.2) is 5.54 Å². The van der Waals surface area contributed by atoms with Crippen LogP contribution in [-0.2, 0) is 26.3 Å². The van der Waals surface area contributed by atoms with E-state index in [1.54, 1.807) is 9.80 Å². The number of hydrogen-bond donors (Lipinski definition) is 1. The first-order valence-corrected chi connectivity index (χ1v) is 9.74. The van der Waals surface area contributed by atoms with Crippen LogP contribution in [0.3, 0.4) is 0 Å². The maximum atomic E-state index is 13.5. The second-order valence-electron chi connectivity index (χ2n) is 7.89. The molecule has 1 N–H and O–H groups in total. The average molecular weight is 369 g/mol. The number of aromatic amines is 1. The molecule has 0 aliphatic carbocycles. The maximum absolute atomic E-state index is 13.5. The first-order valence-electron chi connectivity index (χ1n) is 9.74. The summed E-state index contributed by atoms with van der Waals surface area (Å²) in [5.74, 6) is 0.0188. The molecule has 1 unspecified atom stereocenters. The van der Waals surface area contributed by atoms with Gasteiger partial charge >= 0.3 is 0 Å². The summed E-state index contributed by atoms with van der Waals surface area (Å²) in [6, 6.07) is 8.11. The molecule has 27 heavy (non-hydrogen) atoms. The zero-order valence-electron chi connectivity index (χ0n) is 16.2. The largest absolute Gasteiger partial charge is 0.379 e. The van der Waals surface area contributed by atoms with Crippen molar-refractivity contribution in [2.45, 2.75) is 45.3 Å². The molecule has 2 aromatic rings. The number of fused-ring (bicyclic) bond motifs is 5. The van der Waals surface area contributed by atoms with Gasteiger partial charge < -0.3 is 19.5 Å². The Hall–Kier alpha value is -2.34. The molecule has 0 radical (unpaired) electrons. The van der Waals surface area contributed by atoms with Gasteiger partial charge in [-0.2, -0.15) is 0 Å². The van der Waals surface area contributed by atoms with Gasteiger partial charge in [-0.15, -0.1) is 0 Å². The highest BCUT2D eigenvalue weighted by molar-refractivity contribution is 6.00. The standard InChI is InChI=1S/C21H27N3O3/c1-14(2)27-12-6-10-23-13-18(25)24-11-9-16-15-7-4-5-8-17(15)22-19(16)21(24,3)20(23)26/h4-5,7-8,14,22H,6,9-13H2,1-3H3. The summed E-state index contributed by atoms with van der Waals surface area (Å²) in [6.07, 6.45) is 1.67. The fourth-order valence-electron chi connectivity index (χ4n) is 4.44. The third kappa shape index (κ3) is 2.83. The van der Waals surface area contributed by atoms with Crippen LogP contribution >= 0.6 is 0 Å². The second kappa shape index (κ2) is 6.68. The SMILES string of the molecule is CC(C)OCCCN1CC(=O)N2CCc3c([nH]c4ccccc34)C2(C)C1=O. The Morgan fingerprint density at radius 2 is 2.04 bits per heavy atom. The zero-order valence-corrected chi connectivity index (χ0v) is 16.2. The lowest BCUT2D eigenvalue weighted by atomic mass is 9.83. The van der Waals surface area contributed by atoms with Gasteiger partial charge in [-0.3, -0.25) is 9.59 Å². The summed E-state index contributed by atoms with van der Waals surface area (Å²) < 4.78 is 5.58. The lowest BCUT2D eigenvalue weighted by Gasteiger charge is -2.49. The normalized spacial score (nSPS) is 22.5. The van der Waals surface area contributed by atoms with Gasteiger partial charge in [0.1, 0.15) is 0 Å². The summed E-state index contributed by atoms with van der Waals surface area (Å²) in [6.45, 7) is 7.75. The third-order valence-corrected chi connectivity index (χ3v) is 5.78. The first kappa shape index (κ1) is 18.0. The number of ether oxygens (including phenoxy) is 1. The Labute approximate surface area is 159 Å². The van der Waals surface area contributed by atoms with Gasteiger partial charge in [0.2, 0.25) is 5.91 Å². The molecule has 0 spiro atoms. The van der Waals surface area contributed by atoms with Crippen molar-refractivity contribution in [2.75, 3.05) is 26.2 Å². The molecule has 3 heterocycles. The summed E-state index contributed by atoms with van der Waals surface area (Å²) in [5.41, 5.74) is 2.10. The number of para-hydroxylation sites is 1. The van der Waals surface area contributed by atoms with Crippen LogP contribution in [-0.4, -0.2) is 58.9 Å². The Kier molecular flexibility index (Phi) is 4.46. The van der Waals surface area contributed by atoms with E-state index in [-0.39, 0.29) is 24.5 Å². The van der Waals surface area contributed by atoms with Crippen molar-refractivity contribution in [1.82, 2.24) is 14.8 Å². The van der Waals surface area contributed by atoms with Crippen molar-refractivity contribution in [1.29, 1.82) is 0 Å². The number of nitrogens with one attached hydrogen (secondary N) is 1. The molecule has 1 saturated heterocycles. The van der Waals surface area contributed by atoms with Gasteiger partial charge in [0.05, 0.1) is 18.3 Å². The number of benzene rings is 1. The van der Waals surface area contributed by atoms with E-state index in [2.05, 4.69) is 11.1 Å². The summed E-state index contributed by atoms with van der Waals surface area (Å²) in [5, 5.41) is 1.15. The third-order valence-electron chi connectivity index (χ3n) is 5.78. The van der Waals surface area contributed by atoms with Crippen LogP contribution in [0.2, 0.25) is 0 Å². The average Bonchev–Trinajstić information content (AvgIpc) is 3.03. The monoisotopic (exact) mass is 369 g/mol. The summed E-state index contributed by atoms with van der Waals surface area (Å²) in [7, 11) is 0. The molecule has 2 aliphatic heterocycles. The minimum atomic E-state index is -0.957. The highest BCUT2D eigenvalue weighted by Crippen LogP contribution is 2.41. The lowest BCUT2D eigenvalue weighted by Crippen LogP contribution is -2.67. The van der Waals surface area contributed by atoms with Gasteiger partial charge in [0.25, 0.3) is 5.91 Å². The fraction of sp³-hybridized carbons (Fsp3) is 0.524. The van der Waals surface area contributed by atoms with Gasteiger partial charge in [0, 0.05) is 30.6 Å². The Morgan fingerprint density at radius 3 is 2.81 bits per heavy atom. The van der Waals surface area contributed by atoms with Crippen molar-refractivity contribution >= 4 is 22.7 Å². The van der Waals surface area contributed by atoms with Crippen LogP contribution < -0.4 is 0 Å². The van der Waals surface area contributed by atoms with E-state index >= 15 is 0 Å². The fourth-order valence-corrected chi connectivity index (χ4v) is 4.44. The molecule has 144 valence electrons. The number of piperazine rings is 1. The number of amides is 2. The van der Waals surface area contributed by atoms with Gasteiger partial charge in [-0.25, -0.2) is 0 Å². The number of H-pyrrole nitrogens is 1. The summed E-state index contributed by atoms with van der Waals surface area (Å²) >= 11 is 0. The minimum Gasteiger partial charge on any atom is -0.379 e. The number of carbonyl (C=O) groups excluding carboxylic acids is 2. The topological polar surface area (TPSA) is 65.6 Å². The molecule has 1 aromatic heterocycles.